The van der Waals surface area contributed by atoms with Crippen LogP contribution in [0.4, 0.5) is 5.69 Å². The van der Waals surface area contributed by atoms with E-state index in [9.17, 15) is 19.5 Å². The van der Waals surface area contributed by atoms with Gasteiger partial charge in [0.1, 0.15) is 11.6 Å². The Labute approximate surface area is 242 Å². The van der Waals surface area contributed by atoms with Crippen LogP contribution in [0.3, 0.4) is 0 Å². The van der Waals surface area contributed by atoms with Gasteiger partial charge in [-0.2, -0.15) is 0 Å². The number of ketones is 1. The molecule has 0 radical (unpaired) electrons. The summed E-state index contributed by atoms with van der Waals surface area (Å²) in [6.07, 6.45) is 4.85. The number of esters is 1. The van der Waals surface area contributed by atoms with Crippen molar-refractivity contribution in [2.24, 2.45) is 0 Å². The third-order valence-electron chi connectivity index (χ3n) is 7.31. The van der Waals surface area contributed by atoms with E-state index >= 15 is 0 Å². The van der Waals surface area contributed by atoms with Crippen LogP contribution in [-0.4, -0.2) is 50.9 Å². The maximum atomic E-state index is 13.4. The zero-order valence-corrected chi connectivity index (χ0v) is 23.5. The maximum Gasteiger partial charge on any atom is 0.309 e. The smallest absolute Gasteiger partial charge is 0.309 e. The normalized spacial score (nSPS) is 18.0. The first-order valence-corrected chi connectivity index (χ1v) is 13.8. The molecular formula is C31H31ClN4O5. The van der Waals surface area contributed by atoms with Crippen molar-refractivity contribution in [1.29, 1.82) is 0 Å². The molecule has 3 heterocycles. The number of ether oxygens (including phenoxy) is 1. The number of benzene rings is 2. The van der Waals surface area contributed by atoms with Crippen LogP contribution in [-0.2, 0) is 32.0 Å². The third kappa shape index (κ3) is 6.58. The van der Waals surface area contributed by atoms with E-state index in [2.05, 4.69) is 20.3 Å². The molecule has 41 heavy (non-hydrogen) atoms. The van der Waals surface area contributed by atoms with Gasteiger partial charge in [0.2, 0.25) is 5.91 Å². The van der Waals surface area contributed by atoms with Gasteiger partial charge in [-0.1, -0.05) is 35.9 Å². The first kappa shape index (κ1) is 28.3. The topological polar surface area (TPSA) is 137 Å². The number of aromatic nitrogens is 3. The van der Waals surface area contributed by atoms with E-state index < -0.39 is 12.1 Å². The monoisotopic (exact) mass is 574 g/mol. The van der Waals surface area contributed by atoms with Crippen molar-refractivity contribution in [2.45, 2.75) is 51.0 Å². The van der Waals surface area contributed by atoms with Crippen molar-refractivity contribution in [3.05, 3.63) is 82.4 Å². The molecule has 0 fully saturated rings. The minimum atomic E-state index is -1.00. The number of aliphatic hydroxyl groups is 1. The Morgan fingerprint density at radius 3 is 2.78 bits per heavy atom. The second-order valence-electron chi connectivity index (χ2n) is 10.3. The summed E-state index contributed by atoms with van der Waals surface area (Å²) >= 11 is 6.22. The van der Waals surface area contributed by atoms with Gasteiger partial charge in [-0.25, -0.2) is 4.98 Å². The van der Waals surface area contributed by atoms with Crippen LogP contribution in [0.2, 0.25) is 5.02 Å². The fourth-order valence-corrected chi connectivity index (χ4v) is 5.41. The average Bonchev–Trinajstić information content (AvgIpc) is 3.52. The highest BCUT2D eigenvalue weighted by Crippen LogP contribution is 2.32. The summed E-state index contributed by atoms with van der Waals surface area (Å²) < 4.78 is 4.77. The number of Topliss-reactive ketones (excluding diaryl/α,β-unsaturated/α-hetero) is 1. The molecule has 1 aliphatic rings. The Kier molecular flexibility index (Phi) is 8.37. The molecule has 2 atom stereocenters. The SMILES string of the molecule is COC(=O)Cc1ccc2c(c1)NC(=O)CC(O)/C=C/C[C@H](CC(=O)Cc1c(C)[nH]c3ccc(Cl)cc13)c1ncc-2[nH]1. The summed E-state index contributed by atoms with van der Waals surface area (Å²) in [7, 11) is 1.32. The van der Waals surface area contributed by atoms with E-state index in [1.54, 1.807) is 36.5 Å². The van der Waals surface area contributed by atoms with E-state index in [0.29, 0.717) is 39.8 Å². The minimum Gasteiger partial charge on any atom is -0.469 e. The molecule has 2 bridgehead atoms. The average molecular weight is 575 g/mol. The van der Waals surface area contributed by atoms with Crippen molar-refractivity contribution >= 4 is 45.9 Å². The first-order chi connectivity index (χ1) is 19.7. The molecule has 1 amide bonds. The number of hydrogen-bond donors (Lipinski definition) is 4. The number of carbonyl (C=O) groups excluding carboxylic acids is 3. The summed E-state index contributed by atoms with van der Waals surface area (Å²) in [5.41, 5.74) is 5.24. The molecule has 2 aromatic carbocycles. The molecule has 0 spiro atoms. The number of anilines is 1. The predicted octanol–water partition coefficient (Wildman–Crippen LogP) is 5.17. The number of fused-ring (bicyclic) bond motifs is 5. The number of nitrogens with zero attached hydrogens (tertiary/aromatic N) is 1. The highest BCUT2D eigenvalue weighted by molar-refractivity contribution is 6.31. The van der Waals surface area contributed by atoms with Crippen LogP contribution in [0.5, 0.6) is 0 Å². The Bertz CT molecular complexity index is 1650. The molecule has 0 aliphatic carbocycles. The zero-order valence-electron chi connectivity index (χ0n) is 22.8. The molecule has 4 N–H and O–H groups in total. The predicted molar refractivity (Wildman–Crippen MR) is 157 cm³/mol. The van der Waals surface area contributed by atoms with Crippen LogP contribution < -0.4 is 5.32 Å². The number of halogens is 1. The molecule has 0 saturated carbocycles. The number of hydrogen-bond acceptors (Lipinski definition) is 6. The number of aromatic amines is 2. The van der Waals surface area contributed by atoms with Gasteiger partial charge in [-0.3, -0.25) is 14.4 Å². The summed E-state index contributed by atoms with van der Waals surface area (Å²) in [5, 5.41) is 14.9. The van der Waals surface area contributed by atoms with E-state index in [1.165, 1.54) is 7.11 Å². The highest BCUT2D eigenvalue weighted by atomic mass is 35.5. The van der Waals surface area contributed by atoms with Crippen molar-refractivity contribution in [3.8, 4) is 11.3 Å². The second-order valence-corrected chi connectivity index (χ2v) is 10.8. The molecule has 10 heteroatoms. The molecule has 9 nitrogen and oxygen atoms in total. The molecule has 4 aromatic rings. The number of imidazole rings is 1. The lowest BCUT2D eigenvalue weighted by Crippen LogP contribution is -2.19. The molecule has 2 aromatic heterocycles. The van der Waals surface area contributed by atoms with Crippen molar-refractivity contribution in [1.82, 2.24) is 15.0 Å². The number of allylic oxidation sites excluding steroid dienone is 1. The van der Waals surface area contributed by atoms with Gasteiger partial charge in [-0.15, -0.1) is 0 Å². The van der Waals surface area contributed by atoms with Gasteiger partial charge in [0, 0.05) is 45.9 Å². The van der Waals surface area contributed by atoms with Crippen molar-refractivity contribution in [3.63, 3.8) is 0 Å². The quantitative estimate of drug-likeness (QED) is 0.185. The molecule has 5 rings (SSSR count). The van der Waals surface area contributed by atoms with Crippen LogP contribution in [0, 0.1) is 6.92 Å². The Balaban J connectivity index is 1.45. The number of H-pyrrole nitrogens is 2. The molecule has 0 saturated heterocycles. The maximum absolute atomic E-state index is 13.4. The van der Waals surface area contributed by atoms with Crippen LogP contribution in [0.1, 0.15) is 47.8 Å². The Morgan fingerprint density at radius 1 is 1.15 bits per heavy atom. The standard InChI is InChI=1S/C31H31ClN4O5/c1-17-24(25-13-20(32)7-9-26(25)34-17)14-22(38)12-19-4-3-5-21(37)15-29(39)35-27-10-18(11-30(40)41-2)6-8-23(27)28-16-33-31(19)36-28/h3,5-10,13,16,19,21,34,37H,4,11-12,14-15H2,1-2H3,(H,33,36)(H,35,39)/b5-3+/t19-,21?/m1/s1. The van der Waals surface area contributed by atoms with Gasteiger partial charge in [0.15, 0.2) is 0 Å². The molecular weight excluding hydrogens is 544 g/mol. The number of carbonyl (C=O) groups is 3. The summed E-state index contributed by atoms with van der Waals surface area (Å²) in [5.74, 6) is -0.385. The van der Waals surface area contributed by atoms with Crippen LogP contribution in [0.15, 0.2) is 54.7 Å². The van der Waals surface area contributed by atoms with Crippen LogP contribution >= 0.6 is 11.6 Å². The summed E-state index contributed by atoms with van der Waals surface area (Å²) in [4.78, 5) is 49.2. The first-order valence-electron chi connectivity index (χ1n) is 13.4. The van der Waals surface area contributed by atoms with Gasteiger partial charge in [-0.05, 0) is 48.7 Å². The number of amides is 1. The number of methoxy groups -OCH3 is 1. The van der Waals surface area contributed by atoms with Gasteiger partial charge in [0.25, 0.3) is 0 Å². The molecule has 1 aliphatic heterocycles. The minimum absolute atomic E-state index is 0.0416. The van der Waals surface area contributed by atoms with E-state index in [0.717, 1.165) is 22.2 Å². The lowest BCUT2D eigenvalue weighted by atomic mass is 9.93. The number of rotatable bonds is 6. The zero-order chi connectivity index (χ0) is 29.1. The molecule has 212 valence electrons. The highest BCUT2D eigenvalue weighted by Gasteiger charge is 2.23. The van der Waals surface area contributed by atoms with E-state index in [-0.39, 0.29) is 43.3 Å². The Morgan fingerprint density at radius 2 is 1.98 bits per heavy atom. The fourth-order valence-electron chi connectivity index (χ4n) is 5.24. The lowest BCUT2D eigenvalue weighted by molar-refractivity contribution is -0.139. The third-order valence-corrected chi connectivity index (χ3v) is 7.54. The molecule has 1 unspecified atom stereocenters. The van der Waals surface area contributed by atoms with Crippen LogP contribution in [0.25, 0.3) is 22.2 Å². The lowest BCUT2D eigenvalue weighted by Gasteiger charge is -2.13. The summed E-state index contributed by atoms with van der Waals surface area (Å²) in [6.45, 7) is 1.95. The second kappa shape index (κ2) is 12.1. The van der Waals surface area contributed by atoms with E-state index in [1.807, 2.05) is 25.1 Å². The largest absolute Gasteiger partial charge is 0.469 e. The van der Waals surface area contributed by atoms with Gasteiger partial charge >= 0.3 is 5.97 Å². The number of aryl methyl sites for hydroxylation is 1. The van der Waals surface area contributed by atoms with E-state index in [4.69, 9.17) is 16.3 Å². The fraction of sp³-hybridized carbons (Fsp3) is 0.290. The van der Waals surface area contributed by atoms with Gasteiger partial charge in [0.05, 0.1) is 43.6 Å². The summed E-state index contributed by atoms with van der Waals surface area (Å²) in [6, 6.07) is 10.9. The number of nitrogens with one attached hydrogen (secondary N) is 3. The Hall–Kier alpha value is -4.21. The number of aliphatic hydroxyl groups excluding tert-OH is 1. The van der Waals surface area contributed by atoms with Gasteiger partial charge < -0.3 is 25.1 Å². The van der Waals surface area contributed by atoms with Crippen molar-refractivity contribution < 1.29 is 24.2 Å². The van der Waals surface area contributed by atoms with Crippen molar-refractivity contribution in [2.75, 3.05) is 12.4 Å².